The fraction of sp³-hybridized carbons (Fsp3) is 0.471. The minimum absolute atomic E-state index is 0.0181. The van der Waals surface area contributed by atoms with Crippen LogP contribution in [0.25, 0.3) is 0 Å². The molecule has 6 nitrogen and oxygen atoms in total. The Kier molecular flexibility index (Phi) is 8.02. The van der Waals surface area contributed by atoms with Gasteiger partial charge in [0.15, 0.2) is 0 Å². The second-order valence-corrected chi connectivity index (χ2v) is 6.02. The molecule has 0 saturated heterocycles. The molecule has 0 aromatic heterocycles. The molecule has 1 rings (SSSR count). The van der Waals surface area contributed by atoms with E-state index in [1.165, 1.54) is 0 Å². The fourth-order valence-corrected chi connectivity index (χ4v) is 2.07. The van der Waals surface area contributed by atoms with E-state index in [0.29, 0.717) is 6.42 Å². The summed E-state index contributed by atoms with van der Waals surface area (Å²) in [5, 5.41) is 13.4. The molecule has 1 aromatic rings. The molecule has 0 fully saturated rings. The summed E-state index contributed by atoms with van der Waals surface area (Å²) in [5.74, 6) is -1.67. The van der Waals surface area contributed by atoms with Gasteiger partial charge in [0.05, 0.1) is 6.07 Å². The van der Waals surface area contributed by atoms with E-state index in [1.54, 1.807) is 6.07 Å². The van der Waals surface area contributed by atoms with Crippen molar-refractivity contribution in [3.63, 3.8) is 0 Å². The largest absolute Gasteiger partial charge is 0.461 e. The van der Waals surface area contributed by atoms with Gasteiger partial charge in [-0.1, -0.05) is 13.8 Å². The molecule has 1 aromatic carbocycles. The number of rotatable bonds is 9. The Morgan fingerprint density at radius 3 is 2.30 bits per heavy atom. The zero-order chi connectivity index (χ0) is 20.6. The number of nitrogens with zero attached hydrogens (tertiary/aromatic N) is 1. The van der Waals surface area contributed by atoms with Crippen molar-refractivity contribution in [3.8, 4) is 11.8 Å². The van der Waals surface area contributed by atoms with Gasteiger partial charge in [0.2, 0.25) is 5.91 Å². The lowest BCUT2D eigenvalue weighted by molar-refractivity contribution is -0.253. The maximum absolute atomic E-state index is 12.9. The third-order valence-corrected chi connectivity index (χ3v) is 3.30. The second-order valence-electron chi connectivity index (χ2n) is 6.02. The molecule has 27 heavy (non-hydrogen) atoms. The van der Waals surface area contributed by atoms with Crippen molar-refractivity contribution in [1.29, 1.82) is 5.26 Å². The highest BCUT2D eigenvalue weighted by Gasteiger charge is 2.43. The monoisotopic (exact) mass is 389 g/mol. The molecular formula is C17H19F4N3O3. The Morgan fingerprint density at radius 2 is 1.81 bits per heavy atom. The molecule has 148 valence electrons. The van der Waals surface area contributed by atoms with Crippen LogP contribution in [0.4, 0.5) is 17.6 Å². The molecular weight excluding hydrogens is 370 g/mol. The maximum Gasteiger partial charge on any atom is 0.461 e. The van der Waals surface area contributed by atoms with Gasteiger partial charge in [0.25, 0.3) is 5.91 Å². The van der Waals surface area contributed by atoms with Gasteiger partial charge in [0.1, 0.15) is 18.3 Å². The average Bonchev–Trinajstić information content (AvgIpc) is 2.58. The molecule has 0 saturated carbocycles. The van der Waals surface area contributed by atoms with Gasteiger partial charge in [-0.15, -0.1) is 0 Å². The van der Waals surface area contributed by atoms with E-state index in [4.69, 9.17) is 5.26 Å². The van der Waals surface area contributed by atoms with Crippen molar-refractivity contribution in [1.82, 2.24) is 10.6 Å². The Labute approximate surface area is 153 Å². The van der Waals surface area contributed by atoms with Gasteiger partial charge in [-0.05, 0) is 36.6 Å². The summed E-state index contributed by atoms with van der Waals surface area (Å²) in [5.41, 5.74) is 0.0181. The summed E-state index contributed by atoms with van der Waals surface area (Å²) < 4.78 is 53.9. The molecule has 0 heterocycles. The summed E-state index contributed by atoms with van der Waals surface area (Å²) in [6.45, 7) is 3.46. The topological polar surface area (TPSA) is 91.2 Å². The number of benzene rings is 1. The number of alkyl halides is 4. The van der Waals surface area contributed by atoms with Crippen molar-refractivity contribution in [2.24, 2.45) is 5.92 Å². The molecule has 0 aliphatic carbocycles. The van der Waals surface area contributed by atoms with Crippen LogP contribution in [0.3, 0.4) is 0 Å². The van der Waals surface area contributed by atoms with Gasteiger partial charge in [-0.2, -0.15) is 22.8 Å². The quantitative estimate of drug-likeness (QED) is 0.502. The van der Waals surface area contributed by atoms with E-state index in [-0.39, 0.29) is 18.0 Å². The van der Waals surface area contributed by atoms with Crippen molar-refractivity contribution >= 4 is 11.8 Å². The number of hydrogen-bond donors (Lipinski definition) is 2. The predicted molar refractivity (Wildman–Crippen MR) is 87.4 cm³/mol. The van der Waals surface area contributed by atoms with E-state index in [0.717, 1.165) is 24.3 Å². The van der Waals surface area contributed by atoms with Gasteiger partial charge in [-0.3, -0.25) is 9.59 Å². The number of nitrogens with one attached hydrogen (secondary N) is 2. The average molecular weight is 389 g/mol. The van der Waals surface area contributed by atoms with Crippen molar-refractivity contribution in [2.75, 3.05) is 6.54 Å². The number of ether oxygens (including phenoxy) is 1. The van der Waals surface area contributed by atoms with E-state index in [1.807, 2.05) is 13.8 Å². The van der Waals surface area contributed by atoms with Crippen LogP contribution in [-0.4, -0.2) is 36.9 Å². The van der Waals surface area contributed by atoms with Gasteiger partial charge < -0.3 is 15.4 Å². The number of nitriles is 1. The first-order valence-corrected chi connectivity index (χ1v) is 7.97. The Hall–Kier alpha value is -2.83. The lowest BCUT2D eigenvalue weighted by Gasteiger charge is -2.20. The number of amides is 2. The summed E-state index contributed by atoms with van der Waals surface area (Å²) in [6, 6.07) is 4.94. The van der Waals surface area contributed by atoms with Crippen LogP contribution in [-0.2, 0) is 4.79 Å². The summed E-state index contributed by atoms with van der Waals surface area (Å²) in [7, 11) is 0. The Morgan fingerprint density at radius 1 is 1.22 bits per heavy atom. The van der Waals surface area contributed by atoms with Crippen LogP contribution in [0.15, 0.2) is 24.3 Å². The molecule has 2 N–H and O–H groups in total. The molecule has 1 atom stereocenters. The van der Waals surface area contributed by atoms with Gasteiger partial charge in [0, 0.05) is 5.56 Å². The molecule has 0 unspecified atom stereocenters. The zero-order valence-electron chi connectivity index (χ0n) is 14.6. The van der Waals surface area contributed by atoms with Gasteiger partial charge in [-0.25, -0.2) is 0 Å². The maximum atomic E-state index is 12.9. The van der Waals surface area contributed by atoms with E-state index in [2.05, 4.69) is 15.4 Å². The third-order valence-electron chi connectivity index (χ3n) is 3.30. The van der Waals surface area contributed by atoms with Crippen LogP contribution in [0.2, 0.25) is 0 Å². The molecule has 10 heteroatoms. The first-order valence-electron chi connectivity index (χ1n) is 7.97. The summed E-state index contributed by atoms with van der Waals surface area (Å²) in [4.78, 5) is 24.3. The molecule has 0 radical (unpaired) electrons. The van der Waals surface area contributed by atoms with Gasteiger partial charge >= 0.3 is 12.5 Å². The summed E-state index contributed by atoms with van der Waals surface area (Å²) >= 11 is 0. The summed E-state index contributed by atoms with van der Waals surface area (Å²) in [6.07, 6.45) is -8.33. The SMILES string of the molecule is CC(C)C[C@H](NC(=O)c1ccc(OC(F)(F)C(F)F)cc1)C(=O)NCC#N. The first-order chi connectivity index (χ1) is 12.6. The normalized spacial score (nSPS) is 12.4. The van der Waals surface area contributed by atoms with Crippen LogP contribution in [0.1, 0.15) is 30.6 Å². The van der Waals surface area contributed by atoms with Crippen LogP contribution < -0.4 is 15.4 Å². The predicted octanol–water partition coefficient (Wildman–Crippen LogP) is 2.71. The van der Waals surface area contributed by atoms with Crippen LogP contribution >= 0.6 is 0 Å². The van der Waals surface area contributed by atoms with Crippen molar-refractivity contribution in [2.45, 2.75) is 38.8 Å². The molecule has 0 aliphatic heterocycles. The molecule has 0 aliphatic rings. The van der Waals surface area contributed by atoms with Crippen molar-refractivity contribution < 1.29 is 31.9 Å². The molecule has 2 amide bonds. The number of carbonyl (C=O) groups is 2. The molecule has 0 spiro atoms. The zero-order valence-corrected chi connectivity index (χ0v) is 14.6. The first kappa shape index (κ1) is 22.2. The number of halogens is 4. The highest BCUT2D eigenvalue weighted by atomic mass is 19.3. The lowest BCUT2D eigenvalue weighted by atomic mass is 10.0. The van der Waals surface area contributed by atoms with E-state index < -0.39 is 36.1 Å². The van der Waals surface area contributed by atoms with E-state index >= 15 is 0 Å². The van der Waals surface area contributed by atoms with Crippen LogP contribution in [0.5, 0.6) is 5.75 Å². The third kappa shape index (κ3) is 7.13. The minimum Gasteiger partial charge on any atom is -0.428 e. The number of hydrogen-bond acceptors (Lipinski definition) is 4. The standard InChI is InChI=1S/C17H19F4N3O3/c1-10(2)9-13(15(26)23-8-7-22)24-14(25)11-3-5-12(6-4-11)27-17(20,21)16(18)19/h3-6,10,13,16H,8-9H2,1-2H3,(H,23,26)(H,24,25)/t13-/m0/s1. The number of carbonyl (C=O) groups excluding carboxylic acids is 2. The highest BCUT2D eigenvalue weighted by Crippen LogP contribution is 2.27. The minimum atomic E-state index is -4.65. The lowest BCUT2D eigenvalue weighted by Crippen LogP contribution is -2.47. The Bertz CT molecular complexity index is 688. The van der Waals surface area contributed by atoms with E-state index in [9.17, 15) is 27.2 Å². The smallest absolute Gasteiger partial charge is 0.428 e. The Balaban J connectivity index is 2.81. The van der Waals surface area contributed by atoms with Crippen LogP contribution in [0, 0.1) is 17.2 Å². The highest BCUT2D eigenvalue weighted by molar-refractivity contribution is 5.97. The second kappa shape index (κ2) is 9.75. The fourth-order valence-electron chi connectivity index (χ4n) is 2.07. The molecule has 0 bridgehead atoms. The van der Waals surface area contributed by atoms with Crippen molar-refractivity contribution in [3.05, 3.63) is 29.8 Å².